The van der Waals surface area contributed by atoms with Gasteiger partial charge in [-0.05, 0) is 87.0 Å². The number of hydrogen-bond acceptors (Lipinski definition) is 6. The number of benzene rings is 2. The van der Waals surface area contributed by atoms with Gasteiger partial charge in [0.05, 0.1) is 17.5 Å². The van der Waals surface area contributed by atoms with E-state index in [1.54, 1.807) is 38.3 Å². The molecule has 1 aromatic heterocycles. The van der Waals surface area contributed by atoms with Crippen molar-refractivity contribution >= 4 is 27.4 Å². The number of piperidine rings is 1. The molecule has 0 N–H and O–H groups in total. The summed E-state index contributed by atoms with van der Waals surface area (Å²) in [6.07, 6.45) is 5.57. The van der Waals surface area contributed by atoms with Gasteiger partial charge in [-0.3, -0.25) is 9.69 Å². The van der Waals surface area contributed by atoms with Gasteiger partial charge in [0.2, 0.25) is 0 Å². The summed E-state index contributed by atoms with van der Waals surface area (Å²) in [5.41, 5.74) is 1.77. The summed E-state index contributed by atoms with van der Waals surface area (Å²) in [7, 11) is 1.60. The summed E-state index contributed by atoms with van der Waals surface area (Å²) in [4.78, 5) is 14.4. The van der Waals surface area contributed by atoms with Crippen LogP contribution in [0.3, 0.4) is 0 Å². The van der Waals surface area contributed by atoms with E-state index < -0.39 is 0 Å². The molecule has 7 heteroatoms. The van der Waals surface area contributed by atoms with Crippen molar-refractivity contribution in [1.82, 2.24) is 9.27 Å². The molecular formula is C27H31FN2O3S. The highest BCUT2D eigenvalue weighted by atomic mass is 32.1. The van der Waals surface area contributed by atoms with E-state index in [0.29, 0.717) is 47.7 Å². The number of rotatable bonds is 8. The molecule has 2 aliphatic rings. The summed E-state index contributed by atoms with van der Waals surface area (Å²) < 4.78 is 31.0. The zero-order valence-electron chi connectivity index (χ0n) is 19.9. The van der Waals surface area contributed by atoms with Gasteiger partial charge in [0.1, 0.15) is 12.4 Å². The molecule has 2 saturated heterocycles. The zero-order valence-corrected chi connectivity index (χ0v) is 20.7. The molecule has 180 valence electrons. The van der Waals surface area contributed by atoms with Crippen LogP contribution in [0.4, 0.5) is 4.39 Å². The number of nitrogens with zero attached hydrogens (tertiary/aromatic N) is 2. The first-order valence-corrected chi connectivity index (χ1v) is 12.9. The van der Waals surface area contributed by atoms with Crippen LogP contribution >= 0.6 is 11.5 Å². The Balaban J connectivity index is 1.29. The Kier molecular flexibility index (Phi) is 6.58. The Morgan fingerprint density at radius 2 is 1.94 bits per heavy atom. The van der Waals surface area contributed by atoms with Crippen molar-refractivity contribution in [2.24, 2.45) is 0 Å². The number of aromatic nitrogens is 1. The van der Waals surface area contributed by atoms with Crippen molar-refractivity contribution in [3.63, 3.8) is 0 Å². The molecule has 0 amide bonds. The van der Waals surface area contributed by atoms with Crippen LogP contribution in [0.15, 0.2) is 36.4 Å². The van der Waals surface area contributed by atoms with Crippen molar-refractivity contribution in [3.8, 4) is 11.5 Å². The van der Waals surface area contributed by atoms with Gasteiger partial charge in [0.25, 0.3) is 0 Å². The number of carbonyl (C=O) groups excluding carboxylic acids is 1. The minimum Gasteiger partial charge on any atom is -0.493 e. The molecule has 0 radical (unpaired) electrons. The third kappa shape index (κ3) is 4.31. The topological polar surface area (TPSA) is 51.7 Å². The highest BCUT2D eigenvalue weighted by molar-refractivity contribution is 7.13. The average Bonchev–Trinajstić information content (AvgIpc) is 3.36. The second-order valence-corrected chi connectivity index (χ2v) is 10.3. The number of fused-ring (bicyclic) bond motifs is 3. The first kappa shape index (κ1) is 23.2. The molecule has 5 rings (SSSR count). The number of halogens is 1. The van der Waals surface area contributed by atoms with Crippen LogP contribution < -0.4 is 9.47 Å². The monoisotopic (exact) mass is 482 g/mol. The molecule has 2 aromatic carbocycles. The summed E-state index contributed by atoms with van der Waals surface area (Å²) >= 11 is 1.41. The van der Waals surface area contributed by atoms with Crippen LogP contribution in [0.2, 0.25) is 0 Å². The minimum absolute atomic E-state index is 0.00811. The van der Waals surface area contributed by atoms with E-state index in [4.69, 9.17) is 13.8 Å². The van der Waals surface area contributed by atoms with Crippen molar-refractivity contribution in [2.45, 2.75) is 70.0 Å². The number of methoxy groups -OCH3 is 1. The lowest BCUT2D eigenvalue weighted by Gasteiger charge is -2.43. The highest BCUT2D eigenvalue weighted by Gasteiger charge is 2.44. The molecule has 5 nitrogen and oxygen atoms in total. The van der Waals surface area contributed by atoms with Gasteiger partial charge in [-0.15, -0.1) is 0 Å². The Hall–Kier alpha value is -2.51. The fourth-order valence-corrected chi connectivity index (χ4v) is 6.74. The third-order valence-corrected chi connectivity index (χ3v) is 8.35. The minimum atomic E-state index is -0.198. The maximum Gasteiger partial charge on any atom is 0.161 e. The number of Topliss-reactive ketones (excluding diaryl/α,β-unsaturated/α-hetero) is 1. The van der Waals surface area contributed by atoms with E-state index in [1.165, 1.54) is 24.4 Å². The highest BCUT2D eigenvalue weighted by Crippen LogP contribution is 2.46. The van der Waals surface area contributed by atoms with E-state index in [-0.39, 0.29) is 11.6 Å². The van der Waals surface area contributed by atoms with E-state index in [2.05, 4.69) is 11.8 Å². The Morgan fingerprint density at radius 1 is 1.18 bits per heavy atom. The quantitative estimate of drug-likeness (QED) is 0.357. The Morgan fingerprint density at radius 3 is 2.62 bits per heavy atom. The maximum atomic E-state index is 13.6. The first-order valence-electron chi connectivity index (χ1n) is 12.1. The van der Waals surface area contributed by atoms with Crippen LogP contribution in [0.1, 0.15) is 67.9 Å². The molecule has 0 aliphatic carbocycles. The molecule has 0 spiro atoms. The molecule has 3 unspecified atom stereocenters. The molecule has 3 aromatic rings. The largest absolute Gasteiger partial charge is 0.493 e. The molecular weight excluding hydrogens is 451 g/mol. The summed E-state index contributed by atoms with van der Waals surface area (Å²) in [6.45, 7) is 4.36. The van der Waals surface area contributed by atoms with Crippen molar-refractivity contribution < 1.29 is 18.7 Å². The zero-order chi connectivity index (χ0) is 23.8. The second kappa shape index (κ2) is 9.62. The molecule has 3 atom stereocenters. The number of carbonyl (C=O) groups is 1. The van der Waals surface area contributed by atoms with Crippen molar-refractivity contribution in [3.05, 3.63) is 53.5 Å². The van der Waals surface area contributed by atoms with Crippen LogP contribution in [0.25, 0.3) is 10.1 Å². The van der Waals surface area contributed by atoms with Crippen LogP contribution in [0, 0.1) is 5.82 Å². The summed E-state index contributed by atoms with van der Waals surface area (Å²) in [6, 6.07) is 11.8. The predicted octanol–water partition coefficient (Wildman–Crippen LogP) is 6.21. The van der Waals surface area contributed by atoms with E-state index >= 15 is 0 Å². The molecule has 2 bridgehead atoms. The molecule has 0 saturated carbocycles. The Labute approximate surface area is 204 Å². The predicted molar refractivity (Wildman–Crippen MR) is 133 cm³/mol. The number of hydrogen-bond donors (Lipinski definition) is 0. The molecule has 2 aliphatic heterocycles. The SMILES string of the molecule is CCC(COc1ccc(C(C)=O)cc1OC)N1C2CCC1CC(c1nsc3cc(F)ccc13)C2. The smallest absolute Gasteiger partial charge is 0.161 e. The lowest BCUT2D eigenvalue weighted by Crippen LogP contribution is -2.50. The first-order chi connectivity index (χ1) is 16.5. The van der Waals surface area contributed by atoms with Gasteiger partial charge in [0.15, 0.2) is 17.3 Å². The molecule has 3 heterocycles. The third-order valence-electron chi connectivity index (χ3n) is 7.53. The fraction of sp³-hybridized carbons (Fsp3) is 0.481. The Bertz CT molecular complexity index is 1180. The maximum absolute atomic E-state index is 13.6. The average molecular weight is 483 g/mol. The number of ketones is 1. The molecule has 2 fully saturated rings. The summed E-state index contributed by atoms with van der Waals surface area (Å²) in [5.74, 6) is 1.50. The van der Waals surface area contributed by atoms with Crippen LogP contribution in [-0.4, -0.2) is 46.9 Å². The van der Waals surface area contributed by atoms with Gasteiger partial charge < -0.3 is 9.47 Å². The lowest BCUT2D eigenvalue weighted by atomic mass is 9.85. The summed E-state index contributed by atoms with van der Waals surface area (Å²) in [5, 5.41) is 1.11. The van der Waals surface area contributed by atoms with Crippen molar-refractivity contribution in [1.29, 1.82) is 0 Å². The van der Waals surface area contributed by atoms with E-state index in [0.717, 1.165) is 35.0 Å². The second-order valence-electron chi connectivity index (χ2n) is 9.50. The van der Waals surface area contributed by atoms with Gasteiger partial charge in [0, 0.05) is 35.0 Å². The standard InChI is InChI=1S/C27H31FN2O3S/c1-4-20(15-33-24-10-5-17(16(2)31)13-25(24)32-3)30-21-7-8-22(30)12-18(11-21)27-23-9-6-19(28)14-26(23)34-29-27/h5-6,9-10,13-14,18,20-22H,4,7-8,11-12,15H2,1-3H3. The van der Waals surface area contributed by atoms with Crippen molar-refractivity contribution in [2.75, 3.05) is 13.7 Å². The van der Waals surface area contributed by atoms with Crippen LogP contribution in [-0.2, 0) is 0 Å². The molecule has 34 heavy (non-hydrogen) atoms. The van der Waals surface area contributed by atoms with Gasteiger partial charge in [-0.2, -0.15) is 4.37 Å². The fourth-order valence-electron chi connectivity index (χ4n) is 5.86. The van der Waals surface area contributed by atoms with E-state index in [9.17, 15) is 9.18 Å². The lowest BCUT2D eigenvalue weighted by molar-refractivity contribution is 0.0465. The van der Waals surface area contributed by atoms with Gasteiger partial charge >= 0.3 is 0 Å². The van der Waals surface area contributed by atoms with Gasteiger partial charge in [-0.1, -0.05) is 6.92 Å². The van der Waals surface area contributed by atoms with Crippen LogP contribution in [0.5, 0.6) is 11.5 Å². The van der Waals surface area contributed by atoms with Gasteiger partial charge in [-0.25, -0.2) is 4.39 Å². The number of ether oxygens (including phenoxy) is 2. The normalized spacial score (nSPS) is 23.2. The van der Waals surface area contributed by atoms with E-state index in [1.807, 2.05) is 12.1 Å².